The van der Waals surface area contributed by atoms with E-state index >= 15 is 0 Å². The Morgan fingerprint density at radius 3 is 2.52 bits per heavy atom. The molecule has 0 saturated carbocycles. The summed E-state index contributed by atoms with van der Waals surface area (Å²) >= 11 is 5.88. The summed E-state index contributed by atoms with van der Waals surface area (Å²) in [6.45, 7) is 5.71. The Morgan fingerprint density at radius 1 is 1.15 bits per heavy atom. The molecular weight excluding hydrogens is 444 g/mol. The van der Waals surface area contributed by atoms with Gasteiger partial charge in [0.15, 0.2) is 0 Å². The Hall–Kier alpha value is -2.81. The smallest absolute Gasteiger partial charge is 0.323 e. The third kappa shape index (κ3) is 6.83. The van der Waals surface area contributed by atoms with Gasteiger partial charge in [0.2, 0.25) is 0 Å². The Morgan fingerprint density at radius 2 is 1.82 bits per heavy atom. The normalized spacial score (nSPS) is 21.8. The molecule has 1 aliphatic rings. The number of fused-ring (bicyclic) bond motifs is 1. The van der Waals surface area contributed by atoms with Crippen LogP contribution in [0.15, 0.2) is 42.5 Å². The standard InChI is InChI=1S/C24H31ClN4O4/c1-15-12-26-16(2)14-33-21-10-9-19(11-20(21)23(30)29(3)13-22(15)32-4)28-24(31)27-18-7-5-17(25)6-8-18/h5-11,15-16,22,26H,12-14H2,1-4H3,(H2,27,28,31)/t15-,16+,22+/m0/s1. The summed E-state index contributed by atoms with van der Waals surface area (Å²) in [7, 11) is 3.40. The number of urea groups is 1. The maximum absolute atomic E-state index is 13.3. The van der Waals surface area contributed by atoms with Crippen LogP contribution in [0.25, 0.3) is 0 Å². The van der Waals surface area contributed by atoms with E-state index in [-0.39, 0.29) is 24.0 Å². The quantitative estimate of drug-likeness (QED) is 0.623. The summed E-state index contributed by atoms with van der Waals surface area (Å²) in [5.74, 6) is 0.463. The second kappa shape index (κ2) is 11.4. The third-order valence-corrected chi connectivity index (χ3v) is 5.84. The number of ether oxygens (including phenoxy) is 2. The molecule has 178 valence electrons. The fourth-order valence-corrected chi connectivity index (χ4v) is 3.69. The molecule has 33 heavy (non-hydrogen) atoms. The molecule has 2 aromatic carbocycles. The van der Waals surface area contributed by atoms with Crippen LogP contribution >= 0.6 is 11.6 Å². The lowest BCUT2D eigenvalue weighted by Crippen LogP contribution is -2.44. The summed E-state index contributed by atoms with van der Waals surface area (Å²) in [6, 6.07) is 11.5. The predicted molar refractivity (Wildman–Crippen MR) is 130 cm³/mol. The van der Waals surface area contributed by atoms with Crippen LogP contribution in [0.1, 0.15) is 24.2 Å². The van der Waals surface area contributed by atoms with Crippen LogP contribution in [-0.4, -0.2) is 62.8 Å². The van der Waals surface area contributed by atoms with Gasteiger partial charge in [-0.2, -0.15) is 0 Å². The first-order chi connectivity index (χ1) is 15.8. The van der Waals surface area contributed by atoms with Crippen LogP contribution in [-0.2, 0) is 4.74 Å². The molecule has 9 heteroatoms. The van der Waals surface area contributed by atoms with Crippen molar-refractivity contribution in [2.24, 2.45) is 5.92 Å². The highest BCUT2D eigenvalue weighted by Gasteiger charge is 2.25. The summed E-state index contributed by atoms with van der Waals surface area (Å²) in [5.41, 5.74) is 1.45. The van der Waals surface area contributed by atoms with E-state index in [2.05, 4.69) is 22.9 Å². The van der Waals surface area contributed by atoms with E-state index < -0.39 is 6.03 Å². The maximum atomic E-state index is 13.3. The number of halogens is 1. The molecule has 1 heterocycles. The number of likely N-dealkylation sites (N-methyl/N-ethyl adjacent to an activating group) is 1. The van der Waals surface area contributed by atoms with Gasteiger partial charge in [0.1, 0.15) is 12.4 Å². The number of nitrogens with zero attached hydrogens (tertiary/aromatic N) is 1. The third-order valence-electron chi connectivity index (χ3n) is 5.58. The average Bonchev–Trinajstić information content (AvgIpc) is 2.80. The maximum Gasteiger partial charge on any atom is 0.323 e. The molecule has 3 amide bonds. The van der Waals surface area contributed by atoms with Gasteiger partial charge < -0.3 is 30.3 Å². The molecule has 0 saturated heterocycles. The first-order valence-electron chi connectivity index (χ1n) is 10.9. The van der Waals surface area contributed by atoms with Gasteiger partial charge in [0.05, 0.1) is 11.7 Å². The Bertz CT molecular complexity index is 969. The van der Waals surface area contributed by atoms with Gasteiger partial charge in [-0.05, 0) is 55.3 Å². The van der Waals surface area contributed by atoms with Crippen molar-refractivity contribution in [3.8, 4) is 5.75 Å². The van der Waals surface area contributed by atoms with Gasteiger partial charge in [-0.3, -0.25) is 4.79 Å². The lowest BCUT2D eigenvalue weighted by atomic mass is 10.0. The first-order valence-corrected chi connectivity index (χ1v) is 11.3. The molecule has 0 aliphatic carbocycles. The summed E-state index contributed by atoms with van der Waals surface area (Å²) < 4.78 is 11.6. The number of methoxy groups -OCH3 is 1. The number of hydrogen-bond donors (Lipinski definition) is 3. The Labute approximate surface area is 199 Å². The zero-order chi connectivity index (χ0) is 24.0. The first kappa shape index (κ1) is 24.8. The molecule has 0 bridgehead atoms. The number of rotatable bonds is 3. The van der Waals surface area contributed by atoms with Gasteiger partial charge in [-0.1, -0.05) is 18.5 Å². The van der Waals surface area contributed by atoms with Gasteiger partial charge in [-0.25, -0.2) is 4.79 Å². The summed E-state index contributed by atoms with van der Waals surface area (Å²) in [5, 5.41) is 9.54. The van der Waals surface area contributed by atoms with Crippen LogP contribution in [0.2, 0.25) is 5.02 Å². The molecule has 8 nitrogen and oxygen atoms in total. The molecule has 3 atom stereocenters. The van der Waals surface area contributed by atoms with Gasteiger partial charge in [-0.15, -0.1) is 0 Å². The van der Waals surface area contributed by atoms with E-state index in [4.69, 9.17) is 21.1 Å². The molecule has 3 rings (SSSR count). The SMILES string of the molecule is CO[C@@H]1CN(C)C(=O)c2cc(NC(=O)Nc3ccc(Cl)cc3)ccc2OC[C@@H](C)NC[C@@H]1C. The molecule has 0 aromatic heterocycles. The Balaban J connectivity index is 1.81. The highest BCUT2D eigenvalue weighted by molar-refractivity contribution is 6.30. The number of nitrogens with one attached hydrogen (secondary N) is 3. The monoisotopic (exact) mass is 474 g/mol. The van der Waals surface area contributed by atoms with Gasteiger partial charge in [0.25, 0.3) is 5.91 Å². The van der Waals surface area contributed by atoms with E-state index in [0.717, 1.165) is 6.54 Å². The molecular formula is C24H31ClN4O4. The molecule has 0 fully saturated rings. The van der Waals surface area contributed by atoms with Crippen LogP contribution in [0.5, 0.6) is 5.75 Å². The minimum absolute atomic E-state index is 0.0908. The van der Waals surface area contributed by atoms with Crippen LogP contribution in [0.4, 0.5) is 16.2 Å². The molecule has 1 aliphatic heterocycles. The van der Waals surface area contributed by atoms with Gasteiger partial charge in [0, 0.05) is 49.7 Å². The van der Waals surface area contributed by atoms with Crippen molar-refractivity contribution in [3.63, 3.8) is 0 Å². The number of hydrogen-bond acceptors (Lipinski definition) is 5. The number of benzene rings is 2. The van der Waals surface area contributed by atoms with Crippen molar-refractivity contribution < 1.29 is 19.1 Å². The highest BCUT2D eigenvalue weighted by Crippen LogP contribution is 2.26. The molecule has 3 N–H and O–H groups in total. The van der Waals surface area contributed by atoms with Crippen molar-refractivity contribution in [3.05, 3.63) is 53.1 Å². The van der Waals surface area contributed by atoms with E-state index in [9.17, 15) is 9.59 Å². The number of anilines is 2. The zero-order valence-electron chi connectivity index (χ0n) is 19.4. The Kier molecular flexibility index (Phi) is 8.55. The fourth-order valence-electron chi connectivity index (χ4n) is 3.56. The molecule has 0 unspecified atom stereocenters. The summed E-state index contributed by atoms with van der Waals surface area (Å²) in [6.07, 6.45) is -0.117. The largest absolute Gasteiger partial charge is 0.491 e. The van der Waals surface area contributed by atoms with Crippen LogP contribution in [0.3, 0.4) is 0 Å². The number of carbonyl (C=O) groups is 2. The topological polar surface area (TPSA) is 91.9 Å². The fraction of sp³-hybridized carbons (Fsp3) is 0.417. The van der Waals surface area contributed by atoms with E-state index in [1.165, 1.54) is 0 Å². The summed E-state index contributed by atoms with van der Waals surface area (Å²) in [4.78, 5) is 27.4. The number of carbonyl (C=O) groups excluding carboxylic acids is 2. The van der Waals surface area contributed by atoms with Crippen molar-refractivity contribution >= 4 is 34.9 Å². The second-order valence-corrected chi connectivity index (χ2v) is 8.79. The van der Waals surface area contributed by atoms with Gasteiger partial charge >= 0.3 is 6.03 Å². The van der Waals surface area contributed by atoms with E-state index in [0.29, 0.717) is 40.9 Å². The highest BCUT2D eigenvalue weighted by atomic mass is 35.5. The molecule has 2 aromatic rings. The van der Waals surface area contributed by atoms with E-state index in [1.807, 2.05) is 6.92 Å². The lowest BCUT2D eigenvalue weighted by Gasteiger charge is -2.30. The minimum atomic E-state index is -0.432. The van der Waals surface area contributed by atoms with Crippen LogP contribution < -0.4 is 20.7 Å². The zero-order valence-corrected chi connectivity index (χ0v) is 20.1. The van der Waals surface area contributed by atoms with Crippen molar-refractivity contribution in [2.75, 3.05) is 44.5 Å². The van der Waals surface area contributed by atoms with Crippen molar-refractivity contribution in [2.45, 2.75) is 26.0 Å². The van der Waals surface area contributed by atoms with Crippen molar-refractivity contribution in [1.82, 2.24) is 10.2 Å². The molecule has 0 radical (unpaired) electrons. The van der Waals surface area contributed by atoms with Crippen molar-refractivity contribution in [1.29, 1.82) is 0 Å². The lowest BCUT2D eigenvalue weighted by molar-refractivity contribution is 0.0281. The number of amides is 3. The second-order valence-electron chi connectivity index (χ2n) is 8.35. The minimum Gasteiger partial charge on any atom is -0.491 e. The predicted octanol–water partition coefficient (Wildman–Crippen LogP) is 4.08. The van der Waals surface area contributed by atoms with Crippen LogP contribution in [0, 0.1) is 5.92 Å². The average molecular weight is 475 g/mol. The van der Waals surface area contributed by atoms with E-state index in [1.54, 1.807) is 61.5 Å². The molecule has 0 spiro atoms.